The minimum absolute atomic E-state index is 0.0125. The highest BCUT2D eigenvalue weighted by Gasteiger charge is 2.05. The lowest BCUT2D eigenvalue weighted by atomic mass is 10.3. The van der Waals surface area contributed by atoms with Crippen molar-refractivity contribution in [2.75, 3.05) is 20.3 Å². The predicted molar refractivity (Wildman–Crippen MR) is 72.0 cm³/mol. The summed E-state index contributed by atoms with van der Waals surface area (Å²) in [6, 6.07) is 2.92. The monoisotopic (exact) mass is 295 g/mol. The second-order valence-corrected chi connectivity index (χ2v) is 4.25. The summed E-state index contributed by atoms with van der Waals surface area (Å²) in [6.07, 6.45) is 3.16. The van der Waals surface area contributed by atoms with Crippen LogP contribution in [-0.2, 0) is 11.3 Å². The average Bonchev–Trinajstić information content (AvgIpc) is 2.44. The highest BCUT2D eigenvalue weighted by molar-refractivity contribution is 5.26. The van der Waals surface area contributed by atoms with Crippen molar-refractivity contribution in [2.24, 2.45) is 0 Å². The van der Waals surface area contributed by atoms with Gasteiger partial charge in [0.1, 0.15) is 17.4 Å². The Morgan fingerprint density at radius 2 is 1.76 bits per heavy atom. The van der Waals surface area contributed by atoms with Crippen molar-refractivity contribution in [1.29, 1.82) is 0 Å². The van der Waals surface area contributed by atoms with Gasteiger partial charge in [-0.15, -0.1) is 0 Å². The van der Waals surface area contributed by atoms with Gasteiger partial charge in [-0.05, 0) is 0 Å². The summed E-state index contributed by atoms with van der Waals surface area (Å²) in [5.41, 5.74) is 0.865. The first-order valence-corrected chi connectivity index (χ1v) is 6.32. The third kappa shape index (κ3) is 5.05. The molecule has 1 aromatic carbocycles. The summed E-state index contributed by atoms with van der Waals surface area (Å²) in [7, 11) is 1.63. The first-order valence-electron chi connectivity index (χ1n) is 6.32. The Morgan fingerprint density at radius 1 is 1.10 bits per heavy atom. The molecule has 1 heterocycles. The predicted octanol–water partition coefficient (Wildman–Crippen LogP) is 2.28. The van der Waals surface area contributed by atoms with Crippen LogP contribution < -0.4 is 10.1 Å². The summed E-state index contributed by atoms with van der Waals surface area (Å²) in [5, 5.41) is 3.14. The van der Waals surface area contributed by atoms with Crippen LogP contribution in [0.2, 0.25) is 0 Å². The van der Waals surface area contributed by atoms with Crippen LogP contribution >= 0.6 is 0 Å². The van der Waals surface area contributed by atoms with Gasteiger partial charge in [0.05, 0.1) is 6.61 Å². The van der Waals surface area contributed by atoms with E-state index in [1.54, 1.807) is 19.5 Å². The Balaban J connectivity index is 1.92. The molecular formula is C14H15F2N3O2. The number of nitrogens with one attached hydrogen (secondary N) is 1. The number of hydrogen-bond donors (Lipinski definition) is 1. The molecule has 2 aromatic rings. The maximum atomic E-state index is 13.0. The van der Waals surface area contributed by atoms with Crippen LogP contribution in [0.25, 0.3) is 0 Å². The molecule has 0 fully saturated rings. The van der Waals surface area contributed by atoms with Gasteiger partial charge in [0.25, 0.3) is 0 Å². The summed E-state index contributed by atoms with van der Waals surface area (Å²) >= 11 is 0. The molecule has 0 saturated carbocycles. The molecule has 0 atom stereocenters. The molecule has 2 rings (SSSR count). The van der Waals surface area contributed by atoms with Gasteiger partial charge in [-0.25, -0.2) is 18.7 Å². The molecule has 1 N–H and O–H groups in total. The van der Waals surface area contributed by atoms with Crippen molar-refractivity contribution in [3.8, 4) is 11.8 Å². The van der Waals surface area contributed by atoms with Crippen molar-refractivity contribution in [2.45, 2.75) is 6.54 Å². The van der Waals surface area contributed by atoms with Gasteiger partial charge >= 0.3 is 6.01 Å². The van der Waals surface area contributed by atoms with Gasteiger partial charge in [0.2, 0.25) is 0 Å². The average molecular weight is 295 g/mol. The van der Waals surface area contributed by atoms with Crippen LogP contribution in [0.4, 0.5) is 8.78 Å². The van der Waals surface area contributed by atoms with Gasteiger partial charge < -0.3 is 14.8 Å². The molecule has 1 aromatic heterocycles. The number of hydrogen-bond acceptors (Lipinski definition) is 5. The lowest BCUT2D eigenvalue weighted by molar-refractivity contribution is 0.199. The molecule has 0 spiro atoms. The van der Waals surface area contributed by atoms with Crippen molar-refractivity contribution in [3.05, 3.63) is 47.8 Å². The fourth-order valence-corrected chi connectivity index (χ4v) is 1.59. The van der Waals surface area contributed by atoms with Crippen LogP contribution in [0.15, 0.2) is 30.6 Å². The summed E-state index contributed by atoms with van der Waals surface area (Å²) in [6.45, 7) is 1.93. The number of aromatic nitrogens is 2. The van der Waals surface area contributed by atoms with E-state index < -0.39 is 11.6 Å². The quantitative estimate of drug-likeness (QED) is 0.794. The Kier molecular flexibility index (Phi) is 5.53. The lowest BCUT2D eigenvalue weighted by Crippen LogP contribution is -2.18. The summed E-state index contributed by atoms with van der Waals surface area (Å²) in [5.74, 6) is -1.42. The van der Waals surface area contributed by atoms with Crippen molar-refractivity contribution in [3.63, 3.8) is 0 Å². The van der Waals surface area contributed by atoms with Crippen LogP contribution in [-0.4, -0.2) is 30.2 Å². The van der Waals surface area contributed by atoms with Crippen LogP contribution in [0.5, 0.6) is 11.8 Å². The van der Waals surface area contributed by atoms with E-state index in [1.807, 2.05) is 0 Å². The normalized spacial score (nSPS) is 10.6. The fourth-order valence-electron chi connectivity index (χ4n) is 1.59. The van der Waals surface area contributed by atoms with Gasteiger partial charge in [0.15, 0.2) is 0 Å². The van der Waals surface area contributed by atoms with Gasteiger partial charge in [-0.3, -0.25) is 0 Å². The Hall–Kier alpha value is -2.12. The molecule has 21 heavy (non-hydrogen) atoms. The highest BCUT2D eigenvalue weighted by Crippen LogP contribution is 2.20. The van der Waals surface area contributed by atoms with Gasteiger partial charge in [-0.2, -0.15) is 0 Å². The SMILES string of the molecule is COCCNCc1cnc(Oc2cc(F)cc(F)c2)nc1. The zero-order chi connectivity index (χ0) is 15.1. The molecule has 0 bridgehead atoms. The maximum Gasteiger partial charge on any atom is 0.321 e. The van der Waals surface area contributed by atoms with E-state index in [0.717, 1.165) is 30.3 Å². The number of ether oxygens (including phenoxy) is 2. The first-order chi connectivity index (χ1) is 10.2. The number of rotatable bonds is 7. The molecule has 0 aliphatic carbocycles. The largest absolute Gasteiger partial charge is 0.424 e. The van der Waals surface area contributed by atoms with Crippen molar-refractivity contribution < 1.29 is 18.3 Å². The zero-order valence-electron chi connectivity index (χ0n) is 11.5. The molecule has 0 aliphatic heterocycles. The van der Waals surface area contributed by atoms with E-state index in [2.05, 4.69) is 15.3 Å². The molecule has 5 nitrogen and oxygen atoms in total. The zero-order valence-corrected chi connectivity index (χ0v) is 11.5. The Labute approximate surface area is 120 Å². The molecule has 112 valence electrons. The molecular weight excluding hydrogens is 280 g/mol. The van der Waals surface area contributed by atoms with E-state index in [1.165, 1.54) is 0 Å². The number of benzene rings is 1. The van der Waals surface area contributed by atoms with E-state index in [0.29, 0.717) is 13.2 Å². The number of nitrogens with zero attached hydrogens (tertiary/aromatic N) is 2. The molecule has 0 saturated heterocycles. The van der Waals surface area contributed by atoms with Crippen LogP contribution in [0, 0.1) is 11.6 Å². The van der Waals surface area contributed by atoms with Crippen LogP contribution in [0.3, 0.4) is 0 Å². The molecule has 0 unspecified atom stereocenters. The Morgan fingerprint density at radius 3 is 2.38 bits per heavy atom. The topological polar surface area (TPSA) is 56.3 Å². The molecule has 0 aliphatic rings. The van der Waals surface area contributed by atoms with E-state index in [-0.39, 0.29) is 11.8 Å². The van der Waals surface area contributed by atoms with Crippen molar-refractivity contribution >= 4 is 0 Å². The second-order valence-electron chi connectivity index (χ2n) is 4.25. The molecule has 0 amide bonds. The third-order valence-electron chi connectivity index (χ3n) is 2.54. The smallest absolute Gasteiger partial charge is 0.321 e. The summed E-state index contributed by atoms with van der Waals surface area (Å²) < 4.78 is 36.1. The second kappa shape index (κ2) is 7.61. The van der Waals surface area contributed by atoms with Gasteiger partial charge in [-0.1, -0.05) is 0 Å². The molecule has 0 radical (unpaired) electrons. The minimum atomic E-state index is -0.719. The third-order valence-corrected chi connectivity index (χ3v) is 2.54. The highest BCUT2D eigenvalue weighted by atomic mass is 19.1. The number of methoxy groups -OCH3 is 1. The lowest BCUT2D eigenvalue weighted by Gasteiger charge is -2.06. The van der Waals surface area contributed by atoms with Gasteiger partial charge in [0, 0.05) is 56.4 Å². The van der Waals surface area contributed by atoms with E-state index >= 15 is 0 Å². The molecule has 7 heteroatoms. The minimum Gasteiger partial charge on any atom is -0.424 e. The van der Waals surface area contributed by atoms with E-state index in [9.17, 15) is 8.78 Å². The standard InChI is InChI=1S/C14H15F2N3O2/c1-20-3-2-17-7-10-8-18-14(19-9-10)21-13-5-11(15)4-12(16)6-13/h4-6,8-9,17H,2-3,7H2,1H3. The Bertz CT molecular complexity index is 559. The number of halogens is 2. The first kappa shape index (κ1) is 15.3. The summed E-state index contributed by atoms with van der Waals surface area (Å²) in [4.78, 5) is 7.97. The van der Waals surface area contributed by atoms with Crippen molar-refractivity contribution in [1.82, 2.24) is 15.3 Å². The van der Waals surface area contributed by atoms with E-state index in [4.69, 9.17) is 9.47 Å². The van der Waals surface area contributed by atoms with Crippen LogP contribution in [0.1, 0.15) is 5.56 Å². The maximum absolute atomic E-state index is 13.0. The fraction of sp³-hybridized carbons (Fsp3) is 0.286.